The molecule has 3 rings (SSSR count). The predicted molar refractivity (Wildman–Crippen MR) is 104 cm³/mol. The molecule has 5 heteroatoms. The van der Waals surface area contributed by atoms with Crippen LogP contribution >= 0.6 is 11.3 Å². The molecule has 0 bridgehead atoms. The van der Waals surface area contributed by atoms with Crippen molar-refractivity contribution in [2.75, 3.05) is 6.61 Å². The number of hydrogen-bond donors (Lipinski definition) is 1. The average Bonchev–Trinajstić information content (AvgIpc) is 3.21. The van der Waals surface area contributed by atoms with E-state index in [1.165, 1.54) is 0 Å². The predicted octanol–water partition coefficient (Wildman–Crippen LogP) is 4.64. The molecule has 1 aromatic heterocycles. The Morgan fingerprint density at radius 1 is 1.35 bits per heavy atom. The second-order valence-corrected chi connectivity index (χ2v) is 8.27. The number of ether oxygens (including phenoxy) is 1. The molecule has 1 aromatic carbocycles. The monoisotopic (exact) mass is 371 g/mol. The second kappa shape index (κ2) is 7.62. The Morgan fingerprint density at radius 3 is 2.77 bits per heavy atom. The van der Waals surface area contributed by atoms with Gasteiger partial charge in [-0.05, 0) is 47.4 Å². The number of ketones is 1. The molecular formula is C21H25NO3S. The van der Waals surface area contributed by atoms with Gasteiger partial charge < -0.3 is 10.1 Å². The van der Waals surface area contributed by atoms with Crippen LogP contribution in [0.5, 0.6) is 5.75 Å². The summed E-state index contributed by atoms with van der Waals surface area (Å²) < 4.78 is 5.75. The van der Waals surface area contributed by atoms with Crippen LogP contribution in [0.4, 0.5) is 0 Å². The van der Waals surface area contributed by atoms with Crippen molar-refractivity contribution >= 4 is 23.0 Å². The number of fused-ring (bicyclic) bond motifs is 1. The minimum absolute atomic E-state index is 0.0310. The molecule has 138 valence electrons. The summed E-state index contributed by atoms with van der Waals surface area (Å²) in [7, 11) is 0. The summed E-state index contributed by atoms with van der Waals surface area (Å²) in [5.74, 6) is 0.935. The first-order valence-electron chi connectivity index (χ1n) is 9.00. The molecule has 0 radical (unpaired) electrons. The number of hydrogen-bond acceptors (Lipinski definition) is 4. The van der Waals surface area contributed by atoms with Crippen molar-refractivity contribution < 1.29 is 14.3 Å². The lowest BCUT2D eigenvalue weighted by Gasteiger charge is -2.21. The van der Waals surface area contributed by atoms with Gasteiger partial charge in [0, 0.05) is 11.3 Å². The number of carbonyl (C=O) groups is 2. The fourth-order valence-corrected chi connectivity index (χ4v) is 4.57. The van der Waals surface area contributed by atoms with Crippen LogP contribution in [0.3, 0.4) is 0 Å². The van der Waals surface area contributed by atoms with Crippen LogP contribution in [0.25, 0.3) is 0 Å². The SMILES string of the molecule is Cc1ccc(OCC(=O)NC(c2cccs2)C(C)C)c2c1C(C)CC2=O. The third kappa shape index (κ3) is 3.68. The van der Waals surface area contributed by atoms with Crippen molar-refractivity contribution in [3.8, 4) is 5.75 Å². The Bertz CT molecular complexity index is 811. The maximum absolute atomic E-state index is 12.4. The molecule has 1 aliphatic carbocycles. The van der Waals surface area contributed by atoms with Crippen LogP contribution in [0, 0.1) is 12.8 Å². The molecule has 0 spiro atoms. The average molecular weight is 372 g/mol. The molecule has 1 aliphatic rings. The van der Waals surface area contributed by atoms with Crippen LogP contribution in [-0.2, 0) is 4.79 Å². The van der Waals surface area contributed by atoms with Gasteiger partial charge in [-0.3, -0.25) is 9.59 Å². The van der Waals surface area contributed by atoms with E-state index in [1.54, 1.807) is 17.4 Å². The molecule has 0 saturated carbocycles. The Labute approximate surface area is 158 Å². The standard InChI is InChI=1S/C21H25NO3S/c1-12(2)21(17-6-5-9-26-17)22-18(24)11-25-16-8-7-13(3)19-14(4)10-15(23)20(16)19/h5-9,12,14,21H,10-11H2,1-4H3,(H,22,24). The van der Waals surface area contributed by atoms with Crippen molar-refractivity contribution in [2.24, 2.45) is 5.92 Å². The molecule has 2 atom stereocenters. The van der Waals surface area contributed by atoms with E-state index in [4.69, 9.17) is 4.74 Å². The lowest BCUT2D eigenvalue weighted by Crippen LogP contribution is -2.34. The van der Waals surface area contributed by atoms with Gasteiger partial charge in [-0.25, -0.2) is 0 Å². The lowest BCUT2D eigenvalue weighted by molar-refractivity contribution is -0.124. The number of nitrogens with one attached hydrogen (secondary N) is 1. The fourth-order valence-electron chi connectivity index (χ4n) is 3.62. The minimum atomic E-state index is -0.176. The highest BCUT2D eigenvalue weighted by atomic mass is 32.1. The van der Waals surface area contributed by atoms with Crippen LogP contribution in [0.15, 0.2) is 29.6 Å². The van der Waals surface area contributed by atoms with E-state index in [0.717, 1.165) is 16.0 Å². The maximum atomic E-state index is 12.4. The number of Topliss-reactive ketones (excluding diaryl/α,β-unsaturated/α-hetero) is 1. The second-order valence-electron chi connectivity index (χ2n) is 7.29. The highest BCUT2D eigenvalue weighted by molar-refractivity contribution is 7.10. The Kier molecular flexibility index (Phi) is 5.47. The first kappa shape index (κ1) is 18.6. The Balaban J connectivity index is 1.70. The Morgan fingerprint density at radius 2 is 2.12 bits per heavy atom. The normalized spacial score (nSPS) is 17.3. The summed E-state index contributed by atoms with van der Waals surface area (Å²) in [6.45, 7) is 8.14. The first-order valence-corrected chi connectivity index (χ1v) is 9.88. The van der Waals surface area contributed by atoms with Crippen molar-refractivity contribution in [1.82, 2.24) is 5.32 Å². The molecule has 1 heterocycles. The van der Waals surface area contributed by atoms with E-state index in [1.807, 2.05) is 30.5 Å². The van der Waals surface area contributed by atoms with E-state index >= 15 is 0 Å². The van der Waals surface area contributed by atoms with E-state index in [2.05, 4.69) is 26.1 Å². The zero-order chi connectivity index (χ0) is 18.8. The maximum Gasteiger partial charge on any atom is 0.258 e. The number of rotatable bonds is 6. The van der Waals surface area contributed by atoms with Crippen molar-refractivity contribution in [3.63, 3.8) is 0 Å². The summed E-state index contributed by atoms with van der Waals surface area (Å²) in [5.41, 5.74) is 2.82. The number of carbonyl (C=O) groups excluding carboxylic acids is 2. The van der Waals surface area contributed by atoms with Gasteiger partial charge in [0.05, 0.1) is 11.6 Å². The number of thiophene rings is 1. The molecule has 0 saturated heterocycles. The zero-order valence-corrected chi connectivity index (χ0v) is 16.5. The molecule has 4 nitrogen and oxygen atoms in total. The highest BCUT2D eigenvalue weighted by Crippen LogP contribution is 2.40. The molecule has 0 fully saturated rings. The van der Waals surface area contributed by atoms with E-state index in [0.29, 0.717) is 17.7 Å². The number of benzene rings is 1. The van der Waals surface area contributed by atoms with Crippen LogP contribution in [0.2, 0.25) is 0 Å². The van der Waals surface area contributed by atoms with Gasteiger partial charge in [-0.2, -0.15) is 0 Å². The fraction of sp³-hybridized carbons (Fsp3) is 0.429. The van der Waals surface area contributed by atoms with Gasteiger partial charge in [-0.15, -0.1) is 11.3 Å². The van der Waals surface area contributed by atoms with Crippen LogP contribution < -0.4 is 10.1 Å². The van der Waals surface area contributed by atoms with Crippen LogP contribution in [0.1, 0.15) is 65.5 Å². The van der Waals surface area contributed by atoms with E-state index in [-0.39, 0.29) is 36.2 Å². The van der Waals surface area contributed by atoms with Gasteiger partial charge in [0.2, 0.25) is 0 Å². The summed E-state index contributed by atoms with van der Waals surface area (Å²) in [5, 5.41) is 5.06. The third-order valence-corrected chi connectivity index (χ3v) is 5.84. The van der Waals surface area contributed by atoms with Crippen molar-refractivity contribution in [3.05, 3.63) is 51.2 Å². The molecule has 1 amide bonds. The lowest BCUT2D eigenvalue weighted by atomic mass is 9.97. The highest BCUT2D eigenvalue weighted by Gasteiger charge is 2.31. The number of aryl methyl sites for hydroxylation is 1. The molecule has 26 heavy (non-hydrogen) atoms. The summed E-state index contributed by atoms with van der Waals surface area (Å²) in [6.07, 6.45) is 0.510. The molecule has 2 unspecified atom stereocenters. The van der Waals surface area contributed by atoms with Gasteiger partial charge in [-0.1, -0.05) is 32.9 Å². The van der Waals surface area contributed by atoms with Gasteiger partial charge >= 0.3 is 0 Å². The van der Waals surface area contributed by atoms with Crippen molar-refractivity contribution in [2.45, 2.75) is 46.1 Å². The summed E-state index contributed by atoms with van der Waals surface area (Å²) in [6, 6.07) is 7.75. The van der Waals surface area contributed by atoms with Crippen molar-refractivity contribution in [1.29, 1.82) is 0 Å². The largest absolute Gasteiger partial charge is 0.483 e. The first-order chi connectivity index (χ1) is 12.4. The summed E-state index contributed by atoms with van der Waals surface area (Å²) >= 11 is 1.63. The molecule has 2 aromatic rings. The van der Waals surface area contributed by atoms with Gasteiger partial charge in [0.1, 0.15) is 5.75 Å². The zero-order valence-electron chi connectivity index (χ0n) is 15.7. The Hall–Kier alpha value is -2.14. The quantitative estimate of drug-likeness (QED) is 0.805. The smallest absolute Gasteiger partial charge is 0.258 e. The topological polar surface area (TPSA) is 55.4 Å². The van der Waals surface area contributed by atoms with Crippen LogP contribution in [-0.4, -0.2) is 18.3 Å². The molecular weight excluding hydrogens is 346 g/mol. The molecule has 0 aliphatic heterocycles. The van der Waals surface area contributed by atoms with E-state index < -0.39 is 0 Å². The third-order valence-electron chi connectivity index (χ3n) is 4.88. The minimum Gasteiger partial charge on any atom is -0.483 e. The summed E-state index contributed by atoms with van der Waals surface area (Å²) in [4.78, 5) is 25.9. The molecule has 1 N–H and O–H groups in total. The number of amides is 1. The van der Waals surface area contributed by atoms with Gasteiger partial charge in [0.25, 0.3) is 5.91 Å². The van der Waals surface area contributed by atoms with Gasteiger partial charge in [0.15, 0.2) is 12.4 Å². The van der Waals surface area contributed by atoms with E-state index in [9.17, 15) is 9.59 Å².